The van der Waals surface area contributed by atoms with Gasteiger partial charge in [0.05, 0.1) is 30.3 Å². The normalized spacial score (nSPS) is 16.8. The molecule has 1 aliphatic rings. The average Bonchev–Trinajstić information content (AvgIpc) is 3.29. The molecule has 4 aromatic rings. The quantitative estimate of drug-likeness (QED) is 0.246. The van der Waals surface area contributed by atoms with Gasteiger partial charge in [0, 0.05) is 29.4 Å². The minimum absolute atomic E-state index is 0.163. The van der Waals surface area contributed by atoms with Crippen LogP contribution in [-0.2, 0) is 28.5 Å². The van der Waals surface area contributed by atoms with Crippen LogP contribution in [0.4, 0.5) is 10.1 Å². The molecule has 1 aliphatic heterocycles. The maximum Gasteiger partial charge on any atom is 0.163 e. The Labute approximate surface area is 228 Å². The van der Waals surface area contributed by atoms with Crippen molar-refractivity contribution in [3.8, 4) is 0 Å². The zero-order valence-corrected chi connectivity index (χ0v) is 22.7. The standard InChI is InChI=1S/C29H33FN6O2S/c1-39(37,38)14-13-32-12-3-2-5-21-8-10-26-27(16-21)33-20-34-29(26,31)24-9-11-28-23(17-24)18-35-36(28)19-22-6-4-7-25(30)15-22/h4,6-11,15-18,20,32H,2-3,5,12-14,19,31H2,1H3,(H,33,34). The van der Waals surface area contributed by atoms with Gasteiger partial charge in [-0.05, 0) is 72.8 Å². The summed E-state index contributed by atoms with van der Waals surface area (Å²) in [6.07, 6.45) is 7.56. The van der Waals surface area contributed by atoms with E-state index in [9.17, 15) is 12.8 Å². The smallest absolute Gasteiger partial charge is 0.163 e. The summed E-state index contributed by atoms with van der Waals surface area (Å²) < 4.78 is 37.9. The number of aromatic nitrogens is 2. The largest absolute Gasteiger partial charge is 0.346 e. The number of anilines is 1. The molecule has 1 atom stereocenters. The van der Waals surface area contributed by atoms with Gasteiger partial charge in [0.1, 0.15) is 15.7 Å². The van der Waals surface area contributed by atoms with Gasteiger partial charge in [0.2, 0.25) is 0 Å². The van der Waals surface area contributed by atoms with Crippen molar-refractivity contribution in [2.75, 3.05) is 30.4 Å². The minimum Gasteiger partial charge on any atom is -0.346 e. The number of halogens is 1. The second-order valence-electron chi connectivity index (χ2n) is 10.1. The Morgan fingerprint density at radius 2 is 1.92 bits per heavy atom. The lowest BCUT2D eigenvalue weighted by molar-refractivity contribution is 0.571. The molecule has 0 amide bonds. The van der Waals surface area contributed by atoms with E-state index in [4.69, 9.17) is 5.73 Å². The number of hydrogen-bond donors (Lipinski definition) is 3. The summed E-state index contributed by atoms with van der Waals surface area (Å²) >= 11 is 0. The van der Waals surface area contributed by atoms with E-state index in [0.29, 0.717) is 13.1 Å². The van der Waals surface area contributed by atoms with Gasteiger partial charge in [-0.1, -0.05) is 30.3 Å². The molecule has 0 aliphatic carbocycles. The molecular formula is C29H33FN6O2S. The average molecular weight is 549 g/mol. The van der Waals surface area contributed by atoms with Crippen molar-refractivity contribution in [3.63, 3.8) is 0 Å². The van der Waals surface area contributed by atoms with Crippen LogP contribution in [0, 0.1) is 5.82 Å². The highest BCUT2D eigenvalue weighted by molar-refractivity contribution is 7.90. The van der Waals surface area contributed by atoms with Crippen molar-refractivity contribution in [3.05, 3.63) is 94.9 Å². The molecule has 1 aromatic heterocycles. The van der Waals surface area contributed by atoms with Crippen LogP contribution in [0.3, 0.4) is 0 Å². The van der Waals surface area contributed by atoms with Crippen LogP contribution < -0.4 is 16.4 Å². The summed E-state index contributed by atoms with van der Waals surface area (Å²) in [5.41, 5.74) is 11.5. The van der Waals surface area contributed by atoms with E-state index >= 15 is 0 Å². The predicted octanol–water partition coefficient (Wildman–Crippen LogP) is 3.79. The third-order valence-electron chi connectivity index (χ3n) is 7.00. The summed E-state index contributed by atoms with van der Waals surface area (Å²) in [4.78, 5) is 4.64. The maximum absolute atomic E-state index is 13.6. The molecule has 1 unspecified atom stereocenters. The number of sulfone groups is 1. The van der Waals surface area contributed by atoms with Crippen molar-refractivity contribution in [2.45, 2.75) is 31.5 Å². The monoisotopic (exact) mass is 548 g/mol. The van der Waals surface area contributed by atoms with Crippen LogP contribution >= 0.6 is 0 Å². The van der Waals surface area contributed by atoms with Crippen LogP contribution in [0.25, 0.3) is 10.9 Å². The highest BCUT2D eigenvalue weighted by Crippen LogP contribution is 2.37. The van der Waals surface area contributed by atoms with E-state index in [0.717, 1.165) is 59.1 Å². The van der Waals surface area contributed by atoms with Crippen molar-refractivity contribution >= 4 is 32.8 Å². The molecule has 39 heavy (non-hydrogen) atoms. The van der Waals surface area contributed by atoms with E-state index in [2.05, 4.69) is 32.9 Å². The van der Waals surface area contributed by atoms with E-state index in [1.54, 1.807) is 18.6 Å². The maximum atomic E-state index is 13.6. The lowest BCUT2D eigenvalue weighted by Crippen LogP contribution is -2.39. The third-order valence-corrected chi connectivity index (χ3v) is 7.95. The first-order valence-electron chi connectivity index (χ1n) is 13.0. The van der Waals surface area contributed by atoms with Gasteiger partial charge in [0.15, 0.2) is 5.66 Å². The molecule has 10 heteroatoms. The number of unbranched alkanes of at least 4 members (excludes halogenated alkanes) is 1. The highest BCUT2D eigenvalue weighted by Gasteiger charge is 2.33. The lowest BCUT2D eigenvalue weighted by atomic mass is 9.88. The number of aliphatic imine (C=N–C) groups is 1. The zero-order chi connectivity index (χ0) is 27.5. The molecule has 0 bridgehead atoms. The van der Waals surface area contributed by atoms with Crippen molar-refractivity contribution < 1.29 is 12.8 Å². The second-order valence-corrected chi connectivity index (χ2v) is 12.4. The van der Waals surface area contributed by atoms with E-state index < -0.39 is 15.5 Å². The Kier molecular flexibility index (Phi) is 7.79. The Morgan fingerprint density at radius 3 is 2.74 bits per heavy atom. The third kappa shape index (κ3) is 6.35. The fourth-order valence-corrected chi connectivity index (χ4v) is 5.44. The molecule has 0 spiro atoms. The van der Waals surface area contributed by atoms with Gasteiger partial charge in [-0.15, -0.1) is 0 Å². The fourth-order valence-electron chi connectivity index (χ4n) is 4.92. The number of hydrogen-bond acceptors (Lipinski definition) is 7. The molecule has 0 saturated carbocycles. The number of benzene rings is 3. The first kappa shape index (κ1) is 27.0. The van der Waals surface area contributed by atoms with Gasteiger partial charge in [-0.3, -0.25) is 10.4 Å². The van der Waals surface area contributed by atoms with Gasteiger partial charge < -0.3 is 10.6 Å². The Hall–Kier alpha value is -3.60. The topological polar surface area (TPSA) is 114 Å². The SMILES string of the molecule is CS(=O)(=O)CCNCCCCc1ccc2c(c1)NC=NC2(N)c1ccc2c(cnn2Cc2cccc(F)c2)c1. The molecule has 3 aromatic carbocycles. The van der Waals surface area contributed by atoms with E-state index in [1.807, 2.05) is 35.0 Å². The zero-order valence-electron chi connectivity index (χ0n) is 21.9. The Balaban J connectivity index is 1.27. The number of nitrogens with zero attached hydrogens (tertiary/aromatic N) is 3. The van der Waals surface area contributed by atoms with Crippen molar-refractivity contribution in [1.82, 2.24) is 15.1 Å². The molecule has 4 N–H and O–H groups in total. The van der Waals surface area contributed by atoms with Crippen LogP contribution in [0.1, 0.15) is 35.1 Å². The fraction of sp³-hybridized carbons (Fsp3) is 0.310. The van der Waals surface area contributed by atoms with Crippen LogP contribution in [-0.4, -0.2) is 49.6 Å². The van der Waals surface area contributed by atoms with E-state index in [-0.39, 0.29) is 11.6 Å². The minimum atomic E-state index is -2.93. The van der Waals surface area contributed by atoms with Crippen LogP contribution in [0.5, 0.6) is 0 Å². The molecule has 0 radical (unpaired) electrons. The number of aryl methyl sites for hydroxylation is 1. The first-order chi connectivity index (χ1) is 18.7. The molecule has 0 fully saturated rings. The Bertz CT molecular complexity index is 1620. The predicted molar refractivity (Wildman–Crippen MR) is 154 cm³/mol. The van der Waals surface area contributed by atoms with Crippen LogP contribution in [0.15, 0.2) is 71.9 Å². The molecular weight excluding hydrogens is 515 g/mol. The highest BCUT2D eigenvalue weighted by atomic mass is 32.2. The molecule has 2 heterocycles. The summed E-state index contributed by atoms with van der Waals surface area (Å²) in [6, 6.07) is 18.8. The van der Waals surface area contributed by atoms with Crippen molar-refractivity contribution in [1.29, 1.82) is 0 Å². The lowest BCUT2D eigenvalue weighted by Gasteiger charge is -2.31. The second kappa shape index (κ2) is 11.3. The summed E-state index contributed by atoms with van der Waals surface area (Å²) in [5, 5.41) is 11.9. The van der Waals surface area contributed by atoms with Gasteiger partial charge >= 0.3 is 0 Å². The summed E-state index contributed by atoms with van der Waals surface area (Å²) in [5.74, 6) is -0.100. The van der Waals surface area contributed by atoms with E-state index in [1.165, 1.54) is 24.0 Å². The summed E-state index contributed by atoms with van der Waals surface area (Å²) in [7, 11) is -2.93. The number of rotatable bonds is 11. The summed E-state index contributed by atoms with van der Waals surface area (Å²) in [6.45, 7) is 1.75. The molecule has 0 saturated heterocycles. The Morgan fingerprint density at radius 1 is 1.05 bits per heavy atom. The number of fused-ring (bicyclic) bond motifs is 2. The first-order valence-corrected chi connectivity index (χ1v) is 15.1. The number of nitrogens with two attached hydrogens (primary N) is 1. The number of nitrogens with one attached hydrogen (secondary N) is 2. The van der Waals surface area contributed by atoms with Gasteiger partial charge in [-0.2, -0.15) is 5.10 Å². The molecule has 8 nitrogen and oxygen atoms in total. The van der Waals surface area contributed by atoms with Gasteiger partial charge in [0.25, 0.3) is 0 Å². The molecule has 204 valence electrons. The van der Waals surface area contributed by atoms with Gasteiger partial charge in [-0.25, -0.2) is 17.8 Å². The molecule has 5 rings (SSSR count). The van der Waals surface area contributed by atoms with Crippen LogP contribution in [0.2, 0.25) is 0 Å². The van der Waals surface area contributed by atoms with Crippen molar-refractivity contribution in [2.24, 2.45) is 10.7 Å².